The SMILES string of the molecule is CC(CCc1ccc(OCCO)c(OC(F)(F)F)c1)N1Cc2ccc(F)cc2C1. The van der Waals surface area contributed by atoms with Crippen LogP contribution in [-0.2, 0) is 19.5 Å². The number of hydrogen-bond donors (Lipinski definition) is 1. The highest BCUT2D eigenvalue weighted by Crippen LogP contribution is 2.34. The molecule has 4 nitrogen and oxygen atoms in total. The third kappa shape index (κ3) is 5.83. The Balaban J connectivity index is 1.63. The summed E-state index contributed by atoms with van der Waals surface area (Å²) in [6.07, 6.45) is -3.56. The van der Waals surface area contributed by atoms with E-state index in [0.717, 1.165) is 24.1 Å². The molecule has 3 rings (SSSR count). The lowest BCUT2D eigenvalue weighted by atomic mass is 10.0. The minimum atomic E-state index is -4.83. The van der Waals surface area contributed by atoms with Crippen molar-refractivity contribution in [1.29, 1.82) is 0 Å². The van der Waals surface area contributed by atoms with E-state index >= 15 is 0 Å². The zero-order valence-electron chi connectivity index (χ0n) is 16.0. The summed E-state index contributed by atoms with van der Waals surface area (Å²) in [5, 5.41) is 8.82. The van der Waals surface area contributed by atoms with Crippen molar-refractivity contribution >= 4 is 0 Å². The summed E-state index contributed by atoms with van der Waals surface area (Å²) >= 11 is 0. The minimum absolute atomic E-state index is 0.0646. The number of nitrogens with zero attached hydrogens (tertiary/aromatic N) is 1. The Labute approximate surface area is 166 Å². The van der Waals surface area contributed by atoms with Gasteiger partial charge in [0.1, 0.15) is 12.4 Å². The van der Waals surface area contributed by atoms with E-state index in [0.29, 0.717) is 18.5 Å². The molecule has 0 saturated carbocycles. The molecule has 2 aromatic rings. The Morgan fingerprint density at radius 2 is 1.83 bits per heavy atom. The van der Waals surface area contributed by atoms with Gasteiger partial charge < -0.3 is 14.6 Å². The molecule has 1 atom stereocenters. The number of aryl methyl sites for hydroxylation is 1. The van der Waals surface area contributed by atoms with Gasteiger partial charge >= 0.3 is 6.36 Å². The third-order valence-corrected chi connectivity index (χ3v) is 4.97. The number of alkyl halides is 3. The van der Waals surface area contributed by atoms with Crippen LogP contribution < -0.4 is 9.47 Å². The molecule has 1 aliphatic heterocycles. The van der Waals surface area contributed by atoms with Crippen LogP contribution in [0.1, 0.15) is 30.0 Å². The second-order valence-electron chi connectivity index (χ2n) is 7.11. The number of halogens is 4. The summed E-state index contributed by atoms with van der Waals surface area (Å²) in [5.74, 6) is -0.732. The number of aliphatic hydroxyl groups is 1. The molecule has 1 heterocycles. The summed E-state index contributed by atoms with van der Waals surface area (Å²) in [4.78, 5) is 2.22. The van der Waals surface area contributed by atoms with Crippen molar-refractivity contribution in [3.8, 4) is 11.5 Å². The van der Waals surface area contributed by atoms with Gasteiger partial charge in [0.25, 0.3) is 0 Å². The molecule has 0 aliphatic carbocycles. The van der Waals surface area contributed by atoms with Gasteiger partial charge in [-0.2, -0.15) is 0 Å². The van der Waals surface area contributed by atoms with Gasteiger partial charge in [0.15, 0.2) is 11.5 Å². The highest BCUT2D eigenvalue weighted by molar-refractivity contribution is 5.43. The number of hydrogen-bond acceptors (Lipinski definition) is 4. The lowest BCUT2D eigenvalue weighted by molar-refractivity contribution is -0.275. The Kier molecular flexibility index (Phi) is 6.64. The van der Waals surface area contributed by atoms with Gasteiger partial charge in [-0.25, -0.2) is 4.39 Å². The first kappa shape index (κ1) is 21.4. The van der Waals surface area contributed by atoms with Crippen LogP contribution >= 0.6 is 0 Å². The van der Waals surface area contributed by atoms with E-state index in [1.165, 1.54) is 18.2 Å². The van der Waals surface area contributed by atoms with Crippen molar-refractivity contribution in [1.82, 2.24) is 4.90 Å². The molecule has 0 aromatic heterocycles. The monoisotopic (exact) mass is 413 g/mol. The summed E-state index contributed by atoms with van der Waals surface area (Å²) in [5.41, 5.74) is 2.77. The van der Waals surface area contributed by atoms with Gasteiger partial charge in [-0.15, -0.1) is 13.2 Å². The van der Waals surface area contributed by atoms with Crippen LogP contribution in [-0.4, -0.2) is 35.6 Å². The van der Waals surface area contributed by atoms with Crippen molar-refractivity contribution in [2.24, 2.45) is 0 Å². The van der Waals surface area contributed by atoms with Crippen molar-refractivity contribution in [2.75, 3.05) is 13.2 Å². The second kappa shape index (κ2) is 9.00. The van der Waals surface area contributed by atoms with E-state index in [4.69, 9.17) is 9.84 Å². The highest BCUT2D eigenvalue weighted by Gasteiger charge is 2.32. The highest BCUT2D eigenvalue weighted by atomic mass is 19.4. The minimum Gasteiger partial charge on any atom is -0.487 e. The summed E-state index contributed by atoms with van der Waals surface area (Å²) in [6, 6.07) is 9.40. The number of aliphatic hydroxyl groups excluding tert-OH is 1. The molecule has 1 N–H and O–H groups in total. The number of fused-ring (bicyclic) bond motifs is 1. The lowest BCUT2D eigenvalue weighted by Crippen LogP contribution is -2.28. The van der Waals surface area contributed by atoms with Gasteiger partial charge in [-0.3, -0.25) is 4.90 Å². The first-order valence-electron chi connectivity index (χ1n) is 9.39. The molecule has 158 valence electrons. The van der Waals surface area contributed by atoms with E-state index in [-0.39, 0.29) is 30.8 Å². The maximum absolute atomic E-state index is 13.4. The molecule has 0 amide bonds. The fourth-order valence-corrected chi connectivity index (χ4v) is 3.45. The van der Waals surface area contributed by atoms with Crippen molar-refractivity contribution < 1.29 is 32.1 Å². The summed E-state index contributed by atoms with van der Waals surface area (Å²) in [7, 11) is 0. The van der Waals surface area contributed by atoms with Crippen LogP contribution in [0, 0.1) is 5.82 Å². The molecule has 0 spiro atoms. The summed E-state index contributed by atoms with van der Waals surface area (Å²) < 4.78 is 60.7. The average Bonchev–Trinajstić information content (AvgIpc) is 3.07. The number of rotatable bonds is 8. The number of ether oxygens (including phenoxy) is 2. The zero-order valence-corrected chi connectivity index (χ0v) is 16.0. The molecule has 1 unspecified atom stereocenters. The maximum atomic E-state index is 13.4. The van der Waals surface area contributed by atoms with E-state index in [9.17, 15) is 17.6 Å². The standard InChI is InChI=1S/C21H23F4NO3/c1-14(26-12-16-5-6-18(22)11-17(16)13-26)2-3-15-4-7-19(28-9-8-27)20(10-15)29-21(23,24)25/h4-7,10-11,14,27H,2-3,8-9,12-13H2,1H3. The first-order valence-corrected chi connectivity index (χ1v) is 9.39. The molecule has 2 aromatic carbocycles. The smallest absolute Gasteiger partial charge is 0.487 e. The predicted octanol–water partition coefficient (Wildman–Crippen LogP) is 4.43. The molecule has 8 heteroatoms. The maximum Gasteiger partial charge on any atom is 0.573 e. The van der Waals surface area contributed by atoms with Gasteiger partial charge in [-0.05, 0) is 60.7 Å². The van der Waals surface area contributed by atoms with Crippen LogP contribution in [0.5, 0.6) is 11.5 Å². The lowest BCUT2D eigenvalue weighted by Gasteiger charge is -2.24. The second-order valence-corrected chi connectivity index (χ2v) is 7.11. The fraction of sp³-hybridized carbons (Fsp3) is 0.429. The molecule has 0 radical (unpaired) electrons. The molecule has 0 saturated heterocycles. The zero-order chi connectivity index (χ0) is 21.0. The van der Waals surface area contributed by atoms with Gasteiger partial charge in [0.05, 0.1) is 6.61 Å². The molecule has 0 bridgehead atoms. The van der Waals surface area contributed by atoms with E-state index in [1.807, 2.05) is 6.92 Å². The van der Waals surface area contributed by atoms with Crippen molar-refractivity contribution in [2.45, 2.75) is 45.3 Å². The third-order valence-electron chi connectivity index (χ3n) is 4.97. The van der Waals surface area contributed by atoms with E-state index in [1.54, 1.807) is 18.2 Å². The molecule has 1 aliphatic rings. The van der Waals surface area contributed by atoms with E-state index in [2.05, 4.69) is 9.64 Å². The van der Waals surface area contributed by atoms with Crippen molar-refractivity contribution in [3.05, 3.63) is 58.9 Å². The van der Waals surface area contributed by atoms with Crippen LogP contribution in [0.3, 0.4) is 0 Å². The molecular weight excluding hydrogens is 390 g/mol. The Morgan fingerprint density at radius 1 is 1.07 bits per heavy atom. The molecule has 0 fully saturated rings. The molecule has 29 heavy (non-hydrogen) atoms. The van der Waals surface area contributed by atoms with Gasteiger partial charge in [0.2, 0.25) is 0 Å². The van der Waals surface area contributed by atoms with Gasteiger partial charge in [0, 0.05) is 19.1 Å². The van der Waals surface area contributed by atoms with Crippen LogP contribution in [0.4, 0.5) is 17.6 Å². The van der Waals surface area contributed by atoms with Gasteiger partial charge in [-0.1, -0.05) is 12.1 Å². The summed E-state index contributed by atoms with van der Waals surface area (Å²) in [6.45, 7) is 3.00. The first-order chi connectivity index (χ1) is 13.7. The van der Waals surface area contributed by atoms with Crippen molar-refractivity contribution in [3.63, 3.8) is 0 Å². The molecular formula is C21H23F4NO3. The van der Waals surface area contributed by atoms with Crippen LogP contribution in [0.15, 0.2) is 36.4 Å². The van der Waals surface area contributed by atoms with E-state index < -0.39 is 12.1 Å². The fourth-order valence-electron chi connectivity index (χ4n) is 3.45. The topological polar surface area (TPSA) is 41.9 Å². The largest absolute Gasteiger partial charge is 0.573 e. The Morgan fingerprint density at radius 3 is 2.55 bits per heavy atom. The van der Waals surface area contributed by atoms with Crippen LogP contribution in [0.25, 0.3) is 0 Å². The van der Waals surface area contributed by atoms with Crippen LogP contribution in [0.2, 0.25) is 0 Å². The Bertz CT molecular complexity index is 841. The average molecular weight is 413 g/mol. The predicted molar refractivity (Wildman–Crippen MR) is 99.1 cm³/mol. The Hall–Kier alpha value is -2.32. The number of benzene rings is 2. The quantitative estimate of drug-likeness (QED) is 0.650. The normalized spacial score (nSPS) is 15.2.